The highest BCUT2D eigenvalue weighted by Crippen LogP contribution is 2.58. The Labute approximate surface area is 132 Å². The van der Waals surface area contributed by atoms with Crippen LogP contribution in [0.25, 0.3) is 0 Å². The Kier molecular flexibility index (Phi) is 2.90. The van der Waals surface area contributed by atoms with Crippen molar-refractivity contribution in [1.29, 1.82) is 0 Å². The van der Waals surface area contributed by atoms with Crippen molar-refractivity contribution in [2.75, 3.05) is 27.7 Å². The number of piperidine rings is 1. The summed E-state index contributed by atoms with van der Waals surface area (Å²) in [6.07, 6.45) is 8.23. The molecule has 1 aromatic carbocycles. The molecule has 4 rings (SSSR count). The van der Waals surface area contributed by atoms with Crippen LogP contribution in [0.15, 0.2) is 23.8 Å². The van der Waals surface area contributed by atoms with E-state index in [1.165, 1.54) is 36.9 Å². The van der Waals surface area contributed by atoms with Gasteiger partial charge in [0.05, 0.1) is 27.7 Å². The number of likely N-dealkylation sites (N-methyl/N-ethyl adjacent to an activating group) is 1. The summed E-state index contributed by atoms with van der Waals surface area (Å²) in [6.45, 7) is 1.18. The van der Waals surface area contributed by atoms with Gasteiger partial charge in [0.1, 0.15) is 6.04 Å². The molecule has 3 heteroatoms. The summed E-state index contributed by atoms with van der Waals surface area (Å²) >= 11 is 0. The van der Waals surface area contributed by atoms with Crippen LogP contribution in [0.4, 0.5) is 0 Å². The topological polar surface area (TPSA) is 29.5 Å². The van der Waals surface area contributed by atoms with E-state index in [1.54, 1.807) is 12.7 Å². The average molecular weight is 300 g/mol. The lowest BCUT2D eigenvalue weighted by molar-refractivity contribution is -0.915. The minimum atomic E-state index is 0.0584. The number of nitrogens with zero attached hydrogens (tertiary/aromatic N) is 1. The summed E-state index contributed by atoms with van der Waals surface area (Å²) in [5, 5.41) is 10.9. The number of ether oxygens (including phenoxy) is 1. The second-order valence-corrected chi connectivity index (χ2v) is 7.76. The van der Waals surface area contributed by atoms with Crippen molar-refractivity contribution in [1.82, 2.24) is 0 Å². The lowest BCUT2D eigenvalue weighted by Gasteiger charge is -2.56. The number of rotatable bonds is 1. The van der Waals surface area contributed by atoms with Gasteiger partial charge < -0.3 is 14.3 Å². The number of hydrogen-bond donors (Lipinski definition) is 1. The number of likely N-dealkylation sites (tertiary alicyclic amines) is 1. The van der Waals surface area contributed by atoms with E-state index in [1.807, 2.05) is 6.07 Å². The molecule has 118 valence electrons. The van der Waals surface area contributed by atoms with Crippen molar-refractivity contribution in [2.45, 2.75) is 43.6 Å². The normalized spacial score (nSPS) is 31.8. The first kappa shape index (κ1) is 14.1. The molecule has 2 aliphatic carbocycles. The van der Waals surface area contributed by atoms with Crippen LogP contribution < -0.4 is 4.74 Å². The maximum Gasteiger partial charge on any atom is 0.162 e. The zero-order valence-electron chi connectivity index (χ0n) is 13.9. The van der Waals surface area contributed by atoms with Gasteiger partial charge in [-0.05, 0) is 36.5 Å². The first-order valence-electron chi connectivity index (χ1n) is 8.42. The van der Waals surface area contributed by atoms with Gasteiger partial charge in [-0.2, -0.15) is 0 Å². The third-order valence-corrected chi connectivity index (χ3v) is 6.38. The van der Waals surface area contributed by atoms with E-state index >= 15 is 0 Å². The third-order valence-electron chi connectivity index (χ3n) is 6.38. The molecular formula is C19H26NO2+. The fourth-order valence-electron chi connectivity index (χ4n) is 5.18. The van der Waals surface area contributed by atoms with Gasteiger partial charge in [-0.25, -0.2) is 0 Å². The average Bonchev–Trinajstić information content (AvgIpc) is 2.51. The molecule has 1 fully saturated rings. The van der Waals surface area contributed by atoms with Gasteiger partial charge in [0.15, 0.2) is 11.5 Å². The minimum Gasteiger partial charge on any atom is -0.504 e. The van der Waals surface area contributed by atoms with Crippen LogP contribution in [0, 0.1) is 0 Å². The summed E-state index contributed by atoms with van der Waals surface area (Å²) in [6, 6.07) is 4.67. The second-order valence-electron chi connectivity index (χ2n) is 7.76. The number of aromatic hydroxyl groups is 1. The molecule has 3 nitrogen and oxygen atoms in total. The van der Waals surface area contributed by atoms with E-state index in [-0.39, 0.29) is 5.41 Å². The molecule has 1 N–H and O–H groups in total. The fraction of sp³-hybridized carbons (Fsp3) is 0.579. The molecule has 0 spiro atoms. The third kappa shape index (κ3) is 1.66. The van der Waals surface area contributed by atoms with Gasteiger partial charge in [0, 0.05) is 23.8 Å². The van der Waals surface area contributed by atoms with Crippen molar-refractivity contribution < 1.29 is 14.3 Å². The maximum absolute atomic E-state index is 10.9. The molecule has 22 heavy (non-hydrogen) atoms. The number of phenols is 1. The summed E-state index contributed by atoms with van der Waals surface area (Å²) in [4.78, 5) is 0. The Morgan fingerprint density at radius 3 is 2.86 bits per heavy atom. The highest BCUT2D eigenvalue weighted by atomic mass is 16.5. The van der Waals surface area contributed by atoms with Crippen molar-refractivity contribution in [3.63, 3.8) is 0 Å². The Balaban J connectivity index is 1.99. The molecule has 0 amide bonds. The monoisotopic (exact) mass is 300 g/mol. The summed E-state index contributed by atoms with van der Waals surface area (Å²) in [5.74, 6) is 1.01. The van der Waals surface area contributed by atoms with Gasteiger partial charge >= 0.3 is 0 Å². The summed E-state index contributed by atoms with van der Waals surface area (Å²) in [5.41, 5.74) is 4.15. The van der Waals surface area contributed by atoms with Gasteiger partial charge in [-0.3, -0.25) is 0 Å². The van der Waals surface area contributed by atoms with E-state index in [4.69, 9.17) is 4.74 Å². The quantitative estimate of drug-likeness (QED) is 0.638. The van der Waals surface area contributed by atoms with Crippen LogP contribution >= 0.6 is 0 Å². The van der Waals surface area contributed by atoms with Crippen LogP contribution in [0.3, 0.4) is 0 Å². The van der Waals surface area contributed by atoms with E-state index in [0.717, 1.165) is 17.3 Å². The largest absolute Gasteiger partial charge is 0.504 e. The Morgan fingerprint density at radius 2 is 2.09 bits per heavy atom. The van der Waals surface area contributed by atoms with Crippen molar-refractivity contribution in [2.24, 2.45) is 0 Å². The highest BCUT2D eigenvalue weighted by molar-refractivity contribution is 5.60. The van der Waals surface area contributed by atoms with Gasteiger partial charge in [-0.1, -0.05) is 12.1 Å². The predicted octanol–water partition coefficient (Wildman–Crippen LogP) is 3.15. The van der Waals surface area contributed by atoms with Gasteiger partial charge in [0.25, 0.3) is 0 Å². The van der Waals surface area contributed by atoms with Crippen molar-refractivity contribution >= 4 is 0 Å². The van der Waals surface area contributed by atoms with Crippen LogP contribution in [0.5, 0.6) is 11.5 Å². The molecule has 2 bridgehead atoms. The summed E-state index contributed by atoms with van der Waals surface area (Å²) in [7, 11) is 6.36. The molecule has 0 radical (unpaired) electrons. The molecule has 0 aromatic heterocycles. The first-order valence-corrected chi connectivity index (χ1v) is 8.42. The molecule has 1 aliphatic heterocycles. The molecule has 1 saturated heterocycles. The molecule has 3 aliphatic rings. The molecular weight excluding hydrogens is 274 g/mol. The molecule has 1 aromatic rings. The number of quaternary nitrogens is 1. The molecule has 1 heterocycles. The van der Waals surface area contributed by atoms with E-state index in [9.17, 15) is 5.11 Å². The van der Waals surface area contributed by atoms with Crippen molar-refractivity contribution in [3.8, 4) is 11.5 Å². The molecule has 0 saturated carbocycles. The van der Waals surface area contributed by atoms with E-state index in [0.29, 0.717) is 17.5 Å². The van der Waals surface area contributed by atoms with E-state index < -0.39 is 0 Å². The number of allylic oxidation sites excluding steroid dienone is 1. The highest BCUT2D eigenvalue weighted by Gasteiger charge is 2.55. The zero-order chi connectivity index (χ0) is 15.5. The van der Waals surface area contributed by atoms with Gasteiger partial charge in [-0.15, -0.1) is 0 Å². The summed E-state index contributed by atoms with van der Waals surface area (Å²) < 4.78 is 6.46. The van der Waals surface area contributed by atoms with Crippen LogP contribution in [0.1, 0.15) is 36.8 Å². The first-order chi connectivity index (χ1) is 10.5. The second kappa shape index (κ2) is 4.51. The lowest BCUT2D eigenvalue weighted by Crippen LogP contribution is -2.62. The van der Waals surface area contributed by atoms with Crippen LogP contribution in [-0.2, 0) is 11.8 Å². The lowest BCUT2D eigenvalue weighted by atomic mass is 9.56. The Bertz CT molecular complexity index is 662. The van der Waals surface area contributed by atoms with Crippen molar-refractivity contribution in [3.05, 3.63) is 34.9 Å². The van der Waals surface area contributed by atoms with Crippen LogP contribution in [-0.4, -0.2) is 43.4 Å². The smallest absolute Gasteiger partial charge is 0.162 e. The maximum atomic E-state index is 10.9. The number of fused-ring (bicyclic) bond motifs is 1. The standard InChI is InChI=1S/C19H25NO2/c1-20(2)11-10-19-9-5-4-6-14(19)15(20)12-13-7-8-16(22-3)18(21)17(13)19/h6-8,15H,4-5,9-12H2,1-3H3/p+1/t15-,19-/m1/s1. The zero-order valence-corrected chi connectivity index (χ0v) is 13.9. The SMILES string of the molecule is COc1ccc2c(c1O)[C@@]13CCCC=C1[C@@H](C2)[N+](C)(C)CC3. The molecule has 2 atom stereocenters. The van der Waals surface area contributed by atoms with Crippen LogP contribution in [0.2, 0.25) is 0 Å². The van der Waals surface area contributed by atoms with E-state index in [2.05, 4.69) is 26.2 Å². The number of benzene rings is 1. The molecule has 0 unspecified atom stereocenters. The Morgan fingerprint density at radius 1 is 1.27 bits per heavy atom. The predicted molar refractivity (Wildman–Crippen MR) is 87.4 cm³/mol. The Hall–Kier alpha value is -1.48. The minimum absolute atomic E-state index is 0.0584. The number of phenolic OH excluding ortho intramolecular Hbond substituents is 1. The van der Waals surface area contributed by atoms with Gasteiger partial charge in [0.2, 0.25) is 0 Å². The number of methoxy groups -OCH3 is 1. The fourth-order valence-corrected chi connectivity index (χ4v) is 5.18. The number of hydrogen-bond acceptors (Lipinski definition) is 2.